The van der Waals surface area contributed by atoms with Gasteiger partial charge in [0.2, 0.25) is 5.91 Å². The van der Waals surface area contributed by atoms with Gasteiger partial charge >= 0.3 is 0 Å². The SMILES string of the molecule is CC(O)(CNC(=O)CCc1cc(Cl)cs1)c1ccccc1. The number of hydrogen-bond acceptors (Lipinski definition) is 3. The monoisotopic (exact) mass is 323 g/mol. The van der Waals surface area contributed by atoms with E-state index in [9.17, 15) is 9.90 Å². The van der Waals surface area contributed by atoms with Crippen LogP contribution in [0.4, 0.5) is 0 Å². The first kappa shape index (κ1) is 16.0. The molecule has 0 radical (unpaired) electrons. The smallest absolute Gasteiger partial charge is 0.220 e. The minimum Gasteiger partial charge on any atom is -0.384 e. The predicted octanol–water partition coefficient (Wildman–Crippen LogP) is 3.36. The van der Waals surface area contributed by atoms with Crippen molar-refractivity contribution < 1.29 is 9.90 Å². The Morgan fingerprint density at radius 1 is 1.38 bits per heavy atom. The molecule has 0 aliphatic rings. The van der Waals surface area contributed by atoms with Crippen molar-refractivity contribution in [2.45, 2.75) is 25.4 Å². The van der Waals surface area contributed by atoms with Crippen molar-refractivity contribution in [1.29, 1.82) is 0 Å². The summed E-state index contributed by atoms with van der Waals surface area (Å²) in [5.74, 6) is -0.0734. The third-order valence-corrected chi connectivity index (χ3v) is 4.59. The first-order chi connectivity index (χ1) is 9.97. The zero-order valence-corrected chi connectivity index (χ0v) is 13.4. The van der Waals surface area contributed by atoms with Gasteiger partial charge in [0.15, 0.2) is 0 Å². The Labute approximate surface area is 133 Å². The topological polar surface area (TPSA) is 49.3 Å². The molecule has 1 amide bonds. The number of carbonyl (C=O) groups excluding carboxylic acids is 1. The number of benzene rings is 1. The van der Waals surface area contributed by atoms with E-state index < -0.39 is 5.60 Å². The second kappa shape index (κ2) is 7.07. The summed E-state index contributed by atoms with van der Waals surface area (Å²) in [6.07, 6.45) is 1.05. The van der Waals surface area contributed by atoms with Crippen LogP contribution in [0, 0.1) is 0 Å². The van der Waals surface area contributed by atoms with Crippen molar-refractivity contribution in [1.82, 2.24) is 5.32 Å². The number of halogens is 1. The minimum atomic E-state index is -1.07. The highest BCUT2D eigenvalue weighted by atomic mass is 35.5. The van der Waals surface area contributed by atoms with Crippen LogP contribution in [0.1, 0.15) is 23.8 Å². The Hall–Kier alpha value is -1.36. The van der Waals surface area contributed by atoms with Gasteiger partial charge in [-0.3, -0.25) is 4.79 Å². The molecule has 2 rings (SSSR count). The maximum Gasteiger partial charge on any atom is 0.220 e. The van der Waals surface area contributed by atoms with Crippen LogP contribution >= 0.6 is 22.9 Å². The maximum absolute atomic E-state index is 11.9. The largest absolute Gasteiger partial charge is 0.384 e. The molecule has 0 saturated heterocycles. The van der Waals surface area contributed by atoms with Gasteiger partial charge in [0.05, 0.1) is 11.6 Å². The molecule has 0 aliphatic heterocycles. The second-order valence-corrected chi connectivity index (χ2v) is 6.58. The molecule has 1 aromatic carbocycles. The number of aryl methyl sites for hydroxylation is 1. The summed E-state index contributed by atoms with van der Waals surface area (Å²) in [6, 6.07) is 11.2. The minimum absolute atomic E-state index is 0.0734. The van der Waals surface area contributed by atoms with E-state index in [0.29, 0.717) is 17.9 Å². The average Bonchev–Trinajstić information content (AvgIpc) is 2.90. The lowest BCUT2D eigenvalue weighted by Gasteiger charge is -2.24. The Balaban J connectivity index is 1.80. The number of thiophene rings is 1. The van der Waals surface area contributed by atoms with Crippen LogP contribution in [-0.4, -0.2) is 17.6 Å². The van der Waals surface area contributed by atoms with Gasteiger partial charge in [0.25, 0.3) is 0 Å². The Bertz CT molecular complexity index is 595. The van der Waals surface area contributed by atoms with Gasteiger partial charge in [-0.15, -0.1) is 11.3 Å². The second-order valence-electron chi connectivity index (χ2n) is 5.15. The molecule has 0 aliphatic carbocycles. The van der Waals surface area contributed by atoms with E-state index in [1.165, 1.54) is 0 Å². The molecule has 1 heterocycles. The third-order valence-electron chi connectivity index (χ3n) is 3.25. The van der Waals surface area contributed by atoms with Crippen molar-refractivity contribution >= 4 is 28.8 Å². The average molecular weight is 324 g/mol. The van der Waals surface area contributed by atoms with Crippen LogP contribution in [0.25, 0.3) is 0 Å². The normalized spacial score (nSPS) is 13.7. The lowest BCUT2D eigenvalue weighted by Crippen LogP contribution is -2.38. The molecule has 21 heavy (non-hydrogen) atoms. The highest BCUT2D eigenvalue weighted by Crippen LogP contribution is 2.21. The predicted molar refractivity (Wildman–Crippen MR) is 86.7 cm³/mol. The van der Waals surface area contributed by atoms with E-state index >= 15 is 0 Å². The van der Waals surface area contributed by atoms with E-state index in [4.69, 9.17) is 11.6 Å². The quantitative estimate of drug-likeness (QED) is 0.856. The summed E-state index contributed by atoms with van der Waals surface area (Å²) in [5.41, 5.74) is -0.279. The summed E-state index contributed by atoms with van der Waals surface area (Å²) in [5, 5.41) is 15.7. The van der Waals surface area contributed by atoms with Gasteiger partial charge in [0.1, 0.15) is 5.60 Å². The number of hydrogen-bond donors (Lipinski definition) is 2. The van der Waals surface area contributed by atoms with Crippen molar-refractivity contribution in [3.05, 3.63) is 57.2 Å². The van der Waals surface area contributed by atoms with Crippen LogP contribution in [0.2, 0.25) is 5.02 Å². The molecule has 1 aromatic heterocycles. The lowest BCUT2D eigenvalue weighted by molar-refractivity contribution is -0.122. The first-order valence-electron chi connectivity index (χ1n) is 6.75. The zero-order chi connectivity index (χ0) is 15.3. The standard InChI is InChI=1S/C16H18ClNO2S/c1-16(20,12-5-3-2-4-6-12)11-18-15(19)8-7-14-9-13(17)10-21-14/h2-6,9-10,20H,7-8,11H2,1H3,(H,18,19). The molecule has 0 saturated carbocycles. The Morgan fingerprint density at radius 3 is 2.71 bits per heavy atom. The van der Waals surface area contributed by atoms with Crippen LogP contribution in [-0.2, 0) is 16.8 Å². The van der Waals surface area contributed by atoms with Crippen LogP contribution in [0.15, 0.2) is 41.8 Å². The Morgan fingerprint density at radius 2 is 2.10 bits per heavy atom. The zero-order valence-electron chi connectivity index (χ0n) is 11.8. The summed E-state index contributed by atoms with van der Waals surface area (Å²) in [7, 11) is 0. The molecule has 2 N–H and O–H groups in total. The van der Waals surface area contributed by atoms with Gasteiger partial charge in [-0.05, 0) is 25.0 Å². The number of amides is 1. The van der Waals surface area contributed by atoms with Crippen molar-refractivity contribution in [3.63, 3.8) is 0 Å². The van der Waals surface area contributed by atoms with Gasteiger partial charge in [-0.25, -0.2) is 0 Å². The summed E-state index contributed by atoms with van der Waals surface area (Å²) in [6.45, 7) is 1.89. The van der Waals surface area contributed by atoms with Crippen molar-refractivity contribution in [3.8, 4) is 0 Å². The van der Waals surface area contributed by atoms with Crippen LogP contribution < -0.4 is 5.32 Å². The first-order valence-corrected chi connectivity index (χ1v) is 8.01. The Kier molecular flexibility index (Phi) is 5.39. The van der Waals surface area contributed by atoms with E-state index in [1.807, 2.05) is 41.8 Å². The molecule has 112 valence electrons. The molecular weight excluding hydrogens is 306 g/mol. The molecule has 1 unspecified atom stereocenters. The fourth-order valence-electron chi connectivity index (χ4n) is 1.98. The fourth-order valence-corrected chi connectivity index (χ4v) is 3.06. The molecule has 3 nitrogen and oxygen atoms in total. The molecule has 0 bridgehead atoms. The van der Waals surface area contributed by atoms with Gasteiger partial charge in [-0.2, -0.15) is 0 Å². The molecule has 0 fully saturated rings. The highest BCUT2D eigenvalue weighted by molar-refractivity contribution is 7.10. The van der Waals surface area contributed by atoms with Gasteiger partial charge in [0, 0.05) is 16.7 Å². The summed E-state index contributed by atoms with van der Waals surface area (Å²) < 4.78 is 0. The van der Waals surface area contributed by atoms with E-state index in [1.54, 1.807) is 18.3 Å². The van der Waals surface area contributed by atoms with Gasteiger partial charge < -0.3 is 10.4 Å². The number of nitrogens with one attached hydrogen (secondary N) is 1. The van der Waals surface area contributed by atoms with Crippen LogP contribution in [0.5, 0.6) is 0 Å². The lowest BCUT2D eigenvalue weighted by atomic mass is 9.96. The summed E-state index contributed by atoms with van der Waals surface area (Å²) in [4.78, 5) is 12.9. The van der Waals surface area contributed by atoms with Crippen molar-refractivity contribution in [2.24, 2.45) is 0 Å². The van der Waals surface area contributed by atoms with Gasteiger partial charge in [-0.1, -0.05) is 41.9 Å². The third kappa shape index (κ3) is 4.84. The van der Waals surface area contributed by atoms with Crippen molar-refractivity contribution in [2.75, 3.05) is 6.54 Å². The van der Waals surface area contributed by atoms with E-state index in [-0.39, 0.29) is 12.5 Å². The molecule has 5 heteroatoms. The number of rotatable bonds is 6. The maximum atomic E-state index is 11.9. The highest BCUT2D eigenvalue weighted by Gasteiger charge is 2.23. The fraction of sp³-hybridized carbons (Fsp3) is 0.312. The molecule has 2 aromatic rings. The van der Waals surface area contributed by atoms with E-state index in [0.717, 1.165) is 10.4 Å². The van der Waals surface area contributed by atoms with E-state index in [2.05, 4.69) is 5.32 Å². The number of aliphatic hydroxyl groups is 1. The van der Waals surface area contributed by atoms with Crippen LogP contribution in [0.3, 0.4) is 0 Å². The molecular formula is C16H18ClNO2S. The summed E-state index contributed by atoms with van der Waals surface area (Å²) >= 11 is 7.39. The molecule has 1 atom stereocenters. The molecule has 0 spiro atoms. The number of carbonyl (C=O) groups is 1.